The van der Waals surface area contributed by atoms with Gasteiger partial charge in [0.15, 0.2) is 5.65 Å². The largest absolute Gasteiger partial charge is 0.348 e. The van der Waals surface area contributed by atoms with Crippen LogP contribution in [0.2, 0.25) is 0 Å². The van der Waals surface area contributed by atoms with Crippen molar-refractivity contribution in [2.75, 3.05) is 13.1 Å². The number of benzene rings is 1. The van der Waals surface area contributed by atoms with Gasteiger partial charge in [-0.3, -0.25) is 4.79 Å². The number of aromatic nitrogens is 3. The fourth-order valence-electron chi connectivity index (χ4n) is 3.82. The van der Waals surface area contributed by atoms with Gasteiger partial charge in [0.25, 0.3) is 5.91 Å². The van der Waals surface area contributed by atoms with E-state index in [4.69, 9.17) is 4.98 Å². The van der Waals surface area contributed by atoms with E-state index in [1.54, 1.807) is 6.20 Å². The van der Waals surface area contributed by atoms with Crippen molar-refractivity contribution in [2.24, 2.45) is 0 Å². The zero-order valence-corrected chi connectivity index (χ0v) is 16.7. The first kappa shape index (κ1) is 18.6. The SMILES string of the molecule is Cc1ccccc1-c1cc(C(=O)NC2CCCNC2)c2cnn(C(C)C)c2n1. The summed E-state index contributed by atoms with van der Waals surface area (Å²) in [4.78, 5) is 18.1. The molecule has 28 heavy (non-hydrogen) atoms. The number of rotatable bonds is 4. The zero-order valence-electron chi connectivity index (χ0n) is 16.7. The summed E-state index contributed by atoms with van der Waals surface area (Å²) in [6.07, 6.45) is 3.84. The van der Waals surface area contributed by atoms with Crippen LogP contribution in [0.4, 0.5) is 0 Å². The lowest BCUT2D eigenvalue weighted by molar-refractivity contribution is 0.0932. The van der Waals surface area contributed by atoms with E-state index in [9.17, 15) is 4.79 Å². The second-order valence-corrected chi connectivity index (χ2v) is 7.81. The van der Waals surface area contributed by atoms with Gasteiger partial charge in [-0.25, -0.2) is 9.67 Å². The Labute approximate surface area is 165 Å². The molecule has 0 radical (unpaired) electrons. The fourth-order valence-corrected chi connectivity index (χ4v) is 3.82. The molecule has 0 spiro atoms. The summed E-state index contributed by atoms with van der Waals surface area (Å²) >= 11 is 0. The van der Waals surface area contributed by atoms with Crippen LogP contribution in [0.5, 0.6) is 0 Å². The Kier molecular flexibility index (Phi) is 5.13. The van der Waals surface area contributed by atoms with Crippen LogP contribution in [-0.4, -0.2) is 39.8 Å². The van der Waals surface area contributed by atoms with Crippen LogP contribution < -0.4 is 10.6 Å². The smallest absolute Gasteiger partial charge is 0.252 e. The monoisotopic (exact) mass is 377 g/mol. The first-order valence-corrected chi connectivity index (χ1v) is 10.0. The highest BCUT2D eigenvalue weighted by molar-refractivity contribution is 6.06. The quantitative estimate of drug-likeness (QED) is 0.730. The van der Waals surface area contributed by atoms with Crippen LogP contribution in [-0.2, 0) is 0 Å². The molecular formula is C22H27N5O. The molecule has 6 nitrogen and oxygen atoms in total. The molecule has 1 aliphatic heterocycles. The summed E-state index contributed by atoms with van der Waals surface area (Å²) in [6, 6.07) is 10.4. The third-order valence-corrected chi connectivity index (χ3v) is 5.35. The van der Waals surface area contributed by atoms with E-state index in [0.29, 0.717) is 5.56 Å². The van der Waals surface area contributed by atoms with Crippen molar-refractivity contribution in [3.63, 3.8) is 0 Å². The number of aryl methyl sites for hydroxylation is 1. The minimum atomic E-state index is -0.0563. The standard InChI is InChI=1S/C22H27N5O/c1-14(2)27-21-19(13-24-27)18(22(28)25-16-8-6-10-23-12-16)11-20(26-21)17-9-5-4-7-15(17)3/h4-5,7,9,11,13-14,16,23H,6,8,10,12H2,1-3H3,(H,25,28). The molecule has 4 rings (SSSR count). The third kappa shape index (κ3) is 3.52. The number of piperidine rings is 1. The third-order valence-electron chi connectivity index (χ3n) is 5.35. The van der Waals surface area contributed by atoms with Gasteiger partial charge in [-0.05, 0) is 51.8 Å². The molecule has 2 N–H and O–H groups in total. The van der Waals surface area contributed by atoms with Crippen molar-refractivity contribution in [3.8, 4) is 11.3 Å². The van der Waals surface area contributed by atoms with E-state index in [1.807, 2.05) is 28.9 Å². The molecule has 0 aliphatic carbocycles. The molecule has 0 saturated carbocycles. The number of pyridine rings is 1. The summed E-state index contributed by atoms with van der Waals surface area (Å²) in [5.74, 6) is -0.0563. The Morgan fingerprint density at radius 1 is 1.32 bits per heavy atom. The number of hydrogen-bond acceptors (Lipinski definition) is 4. The Morgan fingerprint density at radius 2 is 2.14 bits per heavy atom. The van der Waals surface area contributed by atoms with Gasteiger partial charge in [-0.15, -0.1) is 0 Å². The summed E-state index contributed by atoms with van der Waals surface area (Å²) in [7, 11) is 0. The molecule has 1 fully saturated rings. The number of nitrogens with one attached hydrogen (secondary N) is 2. The zero-order chi connectivity index (χ0) is 19.7. The van der Waals surface area contributed by atoms with Crippen molar-refractivity contribution in [3.05, 3.63) is 47.7 Å². The number of fused-ring (bicyclic) bond motifs is 1. The van der Waals surface area contributed by atoms with Crippen LogP contribution in [0, 0.1) is 6.92 Å². The van der Waals surface area contributed by atoms with Gasteiger partial charge >= 0.3 is 0 Å². The maximum absolute atomic E-state index is 13.2. The summed E-state index contributed by atoms with van der Waals surface area (Å²) < 4.78 is 1.88. The number of carbonyl (C=O) groups excluding carboxylic acids is 1. The van der Waals surface area contributed by atoms with Gasteiger partial charge in [-0.1, -0.05) is 24.3 Å². The molecule has 1 amide bonds. The molecule has 3 heterocycles. The topological polar surface area (TPSA) is 71.8 Å². The molecular weight excluding hydrogens is 350 g/mol. The molecule has 2 aromatic heterocycles. The van der Waals surface area contributed by atoms with Crippen LogP contribution in [0.25, 0.3) is 22.3 Å². The average Bonchev–Trinajstić information content (AvgIpc) is 3.12. The average molecular weight is 377 g/mol. The van der Waals surface area contributed by atoms with Crippen molar-refractivity contribution < 1.29 is 4.79 Å². The second kappa shape index (κ2) is 7.72. The van der Waals surface area contributed by atoms with Gasteiger partial charge in [0, 0.05) is 24.2 Å². The van der Waals surface area contributed by atoms with Gasteiger partial charge in [-0.2, -0.15) is 5.10 Å². The van der Waals surface area contributed by atoms with E-state index < -0.39 is 0 Å². The Bertz CT molecular complexity index is 1000. The number of nitrogens with zero attached hydrogens (tertiary/aromatic N) is 3. The molecule has 6 heteroatoms. The lowest BCUT2D eigenvalue weighted by Gasteiger charge is -2.24. The number of amides is 1. The van der Waals surface area contributed by atoms with Crippen molar-refractivity contribution >= 4 is 16.9 Å². The summed E-state index contributed by atoms with van der Waals surface area (Å²) in [5.41, 5.74) is 4.37. The van der Waals surface area contributed by atoms with Crippen LogP contribution in [0.1, 0.15) is 48.7 Å². The maximum Gasteiger partial charge on any atom is 0.252 e. The molecule has 1 unspecified atom stereocenters. The van der Waals surface area contributed by atoms with Gasteiger partial charge in [0.1, 0.15) is 0 Å². The van der Waals surface area contributed by atoms with Crippen molar-refractivity contribution in [2.45, 2.75) is 45.7 Å². The molecule has 146 valence electrons. The lowest BCUT2D eigenvalue weighted by Crippen LogP contribution is -2.45. The predicted molar refractivity (Wildman–Crippen MR) is 111 cm³/mol. The normalized spacial score (nSPS) is 17.2. The van der Waals surface area contributed by atoms with E-state index >= 15 is 0 Å². The molecule has 1 aromatic carbocycles. The highest BCUT2D eigenvalue weighted by atomic mass is 16.1. The maximum atomic E-state index is 13.2. The van der Waals surface area contributed by atoms with Gasteiger partial charge in [0.05, 0.1) is 22.8 Å². The fraction of sp³-hybridized carbons (Fsp3) is 0.409. The first-order chi connectivity index (χ1) is 13.5. The van der Waals surface area contributed by atoms with Gasteiger partial charge < -0.3 is 10.6 Å². The van der Waals surface area contributed by atoms with Crippen LogP contribution >= 0.6 is 0 Å². The first-order valence-electron chi connectivity index (χ1n) is 10.0. The van der Waals surface area contributed by atoms with Crippen molar-refractivity contribution in [1.82, 2.24) is 25.4 Å². The number of carbonyl (C=O) groups is 1. The highest BCUT2D eigenvalue weighted by Gasteiger charge is 2.22. The van der Waals surface area contributed by atoms with E-state index in [-0.39, 0.29) is 18.0 Å². The van der Waals surface area contributed by atoms with Crippen LogP contribution in [0.3, 0.4) is 0 Å². The minimum Gasteiger partial charge on any atom is -0.348 e. The molecule has 3 aromatic rings. The van der Waals surface area contributed by atoms with Crippen molar-refractivity contribution in [1.29, 1.82) is 0 Å². The van der Waals surface area contributed by atoms with Gasteiger partial charge in [0.2, 0.25) is 0 Å². The molecule has 1 aliphatic rings. The van der Waals surface area contributed by atoms with E-state index in [0.717, 1.165) is 53.8 Å². The predicted octanol–water partition coefficient (Wildman–Crippen LogP) is 3.47. The number of hydrogen-bond donors (Lipinski definition) is 2. The Hall–Kier alpha value is -2.73. The molecule has 1 saturated heterocycles. The lowest BCUT2D eigenvalue weighted by atomic mass is 10.0. The molecule has 1 atom stereocenters. The van der Waals surface area contributed by atoms with Crippen LogP contribution in [0.15, 0.2) is 36.5 Å². The Morgan fingerprint density at radius 3 is 2.86 bits per heavy atom. The Balaban J connectivity index is 1.82. The molecule has 0 bridgehead atoms. The summed E-state index contributed by atoms with van der Waals surface area (Å²) in [6.45, 7) is 8.04. The highest BCUT2D eigenvalue weighted by Crippen LogP contribution is 2.28. The van der Waals surface area contributed by atoms with E-state index in [1.165, 1.54) is 0 Å². The second-order valence-electron chi connectivity index (χ2n) is 7.81. The van der Waals surface area contributed by atoms with E-state index in [2.05, 4.69) is 42.6 Å². The summed E-state index contributed by atoms with van der Waals surface area (Å²) in [5, 5.41) is 11.8. The minimum absolute atomic E-state index is 0.0563.